The van der Waals surface area contributed by atoms with Crippen molar-refractivity contribution in [3.05, 3.63) is 23.7 Å². The lowest BCUT2D eigenvalue weighted by Crippen LogP contribution is -2.61. The molecule has 0 saturated carbocycles. The highest BCUT2D eigenvalue weighted by Crippen LogP contribution is 2.31. The molecule has 2 aliphatic rings. The van der Waals surface area contributed by atoms with Crippen LogP contribution >= 0.6 is 0 Å². The third kappa shape index (κ3) is 27.0. The van der Waals surface area contributed by atoms with Crippen molar-refractivity contribution in [2.45, 2.75) is 81.9 Å². The van der Waals surface area contributed by atoms with Gasteiger partial charge in [0.15, 0.2) is 30.2 Å². The van der Waals surface area contributed by atoms with E-state index < -0.39 is 121 Å². The largest absolute Gasteiger partial charge is 0.479 e. The number of rotatable bonds is 42. The van der Waals surface area contributed by atoms with Crippen LogP contribution in [0.4, 0.5) is 9.59 Å². The highest BCUT2D eigenvalue weighted by Gasteiger charge is 2.47. The van der Waals surface area contributed by atoms with Gasteiger partial charge in [-0.1, -0.05) is 13.8 Å². The summed E-state index contributed by atoms with van der Waals surface area (Å²) in [4.78, 5) is 74.8. The van der Waals surface area contributed by atoms with E-state index in [-0.39, 0.29) is 58.7 Å². The number of hydrogen-bond donors (Lipinski definition) is 11. The van der Waals surface area contributed by atoms with E-state index in [1.54, 1.807) is 6.92 Å². The first-order valence-electron chi connectivity index (χ1n) is 26.0. The average molecular weight is 1160 g/mol. The Kier molecular flexibility index (Phi) is 34.6. The molecule has 0 spiro atoms. The summed E-state index contributed by atoms with van der Waals surface area (Å²) in [6.07, 6.45) is -8.32. The van der Waals surface area contributed by atoms with Gasteiger partial charge in [-0.25, -0.2) is 29.2 Å². The number of nitrogens with one attached hydrogen (secondary N) is 1. The van der Waals surface area contributed by atoms with Crippen molar-refractivity contribution in [1.29, 1.82) is 0 Å². The zero-order valence-electron chi connectivity index (χ0n) is 46.2. The topological polar surface area (TPSA) is 459 Å². The van der Waals surface area contributed by atoms with Gasteiger partial charge in [-0.2, -0.15) is 0 Å². The van der Waals surface area contributed by atoms with Crippen molar-refractivity contribution in [2.75, 3.05) is 153 Å². The number of amides is 3. The zero-order valence-corrected chi connectivity index (χ0v) is 46.2. The van der Waals surface area contributed by atoms with Crippen LogP contribution in [0.15, 0.2) is 33.7 Å². The van der Waals surface area contributed by atoms with Gasteiger partial charge in [-0.15, -0.1) is 0 Å². The number of aliphatic imine (C=N–C) groups is 2. The molecule has 0 aromatic rings. The van der Waals surface area contributed by atoms with Gasteiger partial charge < -0.3 is 121 Å². The van der Waals surface area contributed by atoms with Crippen molar-refractivity contribution in [1.82, 2.24) is 20.0 Å². The Balaban J connectivity index is 1.93. The number of carbonyl (C=O) groups excluding carboxylic acids is 3. The van der Waals surface area contributed by atoms with Gasteiger partial charge in [0, 0.05) is 66.3 Å². The van der Waals surface area contributed by atoms with Gasteiger partial charge in [0.05, 0.1) is 117 Å². The minimum Gasteiger partial charge on any atom is -0.479 e. The lowest BCUT2D eigenvalue weighted by Gasteiger charge is -2.40. The first-order chi connectivity index (χ1) is 38.1. The Bertz CT molecular complexity index is 1970. The van der Waals surface area contributed by atoms with E-state index in [0.29, 0.717) is 72.5 Å². The van der Waals surface area contributed by atoms with Gasteiger partial charge in [0.2, 0.25) is 17.4 Å². The van der Waals surface area contributed by atoms with Crippen LogP contribution in [0.1, 0.15) is 27.2 Å². The lowest BCUT2D eigenvalue weighted by molar-refractivity contribution is -0.148. The van der Waals surface area contributed by atoms with Gasteiger partial charge in [0.1, 0.15) is 18.3 Å². The number of nitrogens with two attached hydrogens (primary N) is 4. The van der Waals surface area contributed by atoms with Crippen LogP contribution in [-0.4, -0.2) is 295 Å². The molecule has 0 aromatic heterocycles. The van der Waals surface area contributed by atoms with Crippen LogP contribution in [-0.2, 0) is 66.5 Å². The molecule has 460 valence electrons. The number of carboxylic acid groups (broad SMARTS) is 2. The summed E-state index contributed by atoms with van der Waals surface area (Å²) in [5.41, 5.74) is 22.2. The third-order valence-corrected chi connectivity index (χ3v) is 11.8. The van der Waals surface area contributed by atoms with Gasteiger partial charge in [-0.05, 0) is 18.6 Å². The Labute approximate surface area is 464 Å². The van der Waals surface area contributed by atoms with Crippen molar-refractivity contribution in [3.63, 3.8) is 0 Å². The van der Waals surface area contributed by atoms with Crippen molar-refractivity contribution in [2.24, 2.45) is 38.8 Å². The second-order valence-electron chi connectivity index (χ2n) is 18.2. The van der Waals surface area contributed by atoms with Gasteiger partial charge in [-0.3, -0.25) is 9.69 Å². The molecule has 15 N–H and O–H groups in total. The maximum Gasteiger partial charge on any atom is 0.410 e. The minimum atomic E-state index is -1.81. The average Bonchev–Trinajstić information content (AvgIpc) is 3.51. The number of guanidine groups is 2. The SMILES string of the molecule is CCCOCCOCCOCCOCCN(CCOCCOCCN(C)C(=O)O[C@@H]([C@@H]1OC(C(=O)O)=C[C@H](N=C(N)N)[C@H]1C)[C@H](O)CO)CCOCCN(C)C(=O)OC([C@H](O)CO)[C@@H]1OC(C(=O)O)=C[C@H](N=C(N)N)[C@H]1NC(C)=O. The molecule has 80 heavy (non-hydrogen) atoms. The molecule has 0 fully saturated rings. The number of ether oxygens (including phenoxy) is 11. The van der Waals surface area contributed by atoms with E-state index in [2.05, 4.69) is 15.3 Å². The molecule has 0 radical (unpaired) electrons. The summed E-state index contributed by atoms with van der Waals surface area (Å²) in [5, 5.41) is 62.9. The highest BCUT2D eigenvalue weighted by atomic mass is 16.6. The monoisotopic (exact) mass is 1150 g/mol. The Hall–Kier alpha value is -5.91. The number of aliphatic hydroxyl groups excluding tert-OH is 4. The Morgan fingerprint density at radius 3 is 1.32 bits per heavy atom. The summed E-state index contributed by atoms with van der Waals surface area (Å²) >= 11 is 0. The van der Waals surface area contributed by atoms with Crippen molar-refractivity contribution < 1.29 is 107 Å². The molecular weight excluding hydrogens is 1070 g/mol. The van der Waals surface area contributed by atoms with E-state index in [1.165, 1.54) is 20.2 Å². The van der Waals surface area contributed by atoms with E-state index in [9.17, 15) is 54.6 Å². The maximum absolute atomic E-state index is 13.3. The summed E-state index contributed by atoms with van der Waals surface area (Å²) in [6.45, 7) is 8.82. The molecule has 32 heteroatoms. The minimum absolute atomic E-state index is 0.0172. The quantitative estimate of drug-likeness (QED) is 0.0156. The fraction of sp³-hybridized carbons (Fsp3) is 0.771. The Morgan fingerprint density at radius 2 is 0.938 bits per heavy atom. The number of likely N-dealkylation sites (N-methyl/N-ethyl adjacent to an activating group) is 2. The van der Waals surface area contributed by atoms with Crippen LogP contribution in [0.2, 0.25) is 0 Å². The third-order valence-electron chi connectivity index (χ3n) is 11.8. The Morgan fingerprint density at radius 1 is 0.588 bits per heavy atom. The second-order valence-corrected chi connectivity index (χ2v) is 18.2. The van der Waals surface area contributed by atoms with E-state index in [1.807, 2.05) is 11.8 Å². The predicted molar refractivity (Wildman–Crippen MR) is 282 cm³/mol. The second kappa shape index (κ2) is 39.5. The first kappa shape index (κ1) is 70.2. The number of nitrogens with zero attached hydrogens (tertiary/aromatic N) is 5. The molecule has 0 saturated heterocycles. The first-order valence-corrected chi connectivity index (χ1v) is 26.0. The van der Waals surface area contributed by atoms with E-state index in [0.717, 1.165) is 29.2 Å². The van der Waals surface area contributed by atoms with Crippen LogP contribution in [0.5, 0.6) is 0 Å². The summed E-state index contributed by atoms with van der Waals surface area (Å²) < 4.78 is 61.8. The van der Waals surface area contributed by atoms with Crippen LogP contribution < -0.4 is 28.3 Å². The summed E-state index contributed by atoms with van der Waals surface area (Å²) in [7, 11) is 2.79. The smallest absolute Gasteiger partial charge is 0.410 e. The predicted octanol–water partition coefficient (Wildman–Crippen LogP) is -4.45. The van der Waals surface area contributed by atoms with Crippen LogP contribution in [0, 0.1) is 5.92 Å². The fourth-order valence-corrected chi connectivity index (χ4v) is 7.59. The molecule has 10 atom stereocenters. The zero-order chi connectivity index (χ0) is 59.6. The van der Waals surface area contributed by atoms with Crippen LogP contribution in [0.3, 0.4) is 0 Å². The number of hydrogen-bond acceptors (Lipinski definition) is 23. The molecular formula is C48H86N10O22. The molecule has 0 aromatic carbocycles. The highest BCUT2D eigenvalue weighted by molar-refractivity contribution is 5.86. The molecule has 1 unspecified atom stereocenters. The maximum atomic E-state index is 13.3. The van der Waals surface area contributed by atoms with Crippen molar-refractivity contribution in [3.8, 4) is 0 Å². The molecule has 0 bridgehead atoms. The van der Waals surface area contributed by atoms with Crippen LogP contribution in [0.25, 0.3) is 0 Å². The number of aliphatic hydroxyl groups is 4. The summed E-state index contributed by atoms with van der Waals surface area (Å²) in [6, 6.07) is -3.39. The van der Waals surface area contributed by atoms with Crippen molar-refractivity contribution >= 4 is 42.0 Å². The normalized spacial score (nSPS) is 20.3. The fourth-order valence-electron chi connectivity index (χ4n) is 7.59. The standard InChI is InChI=1S/C48H86N10O22/c1-6-12-70-18-22-75-24-25-76-23-21-74-17-11-58(9-15-71-13-7-56(4)48(69)80-41(35(63)29-60)42-38(53-31(3)61)33(55-46(51)52)27-37(78-42)44(66)67)10-16-73-20-19-72-14-8-57(5)47(68)79-40(34(62)28-59)39-30(2)32(54-45(49)50)26-36(77-39)43(64)65/h26-27,30,32-35,38-42,59-60,62-63H,6-25,28-29H2,1-5H3,(H,53,61)(H,64,65)(H,66,67)(H4,49,50,54)(H4,51,52,55)/t30-,32+,33+,34-,35-,38-,39-,40-,41?,42-/m1/s1. The van der Waals surface area contributed by atoms with Gasteiger partial charge in [0.25, 0.3) is 0 Å². The number of carboxylic acids is 2. The summed E-state index contributed by atoms with van der Waals surface area (Å²) in [5.74, 6) is -6.28. The molecule has 2 rings (SSSR count). The van der Waals surface area contributed by atoms with E-state index in [4.69, 9.17) is 75.0 Å². The molecule has 32 nitrogen and oxygen atoms in total. The lowest BCUT2D eigenvalue weighted by atomic mass is 9.87. The molecule has 2 aliphatic heterocycles. The van der Waals surface area contributed by atoms with E-state index >= 15 is 0 Å². The molecule has 0 aliphatic carbocycles. The molecule has 2 heterocycles. The number of carbonyl (C=O) groups is 5. The van der Waals surface area contributed by atoms with Gasteiger partial charge >= 0.3 is 24.1 Å². The number of aliphatic carboxylic acids is 2. The molecule has 3 amide bonds.